The maximum Gasteiger partial charge on any atom is 0.338 e. The molecule has 0 saturated carbocycles. The van der Waals surface area contributed by atoms with E-state index in [0.717, 1.165) is 5.56 Å². The Hall–Kier alpha value is -3.68. The van der Waals surface area contributed by atoms with Crippen molar-refractivity contribution in [1.29, 1.82) is 0 Å². The molecule has 29 heavy (non-hydrogen) atoms. The lowest BCUT2D eigenvalue weighted by Crippen LogP contribution is -2.21. The van der Waals surface area contributed by atoms with Crippen LogP contribution in [0.3, 0.4) is 0 Å². The third-order valence-electron chi connectivity index (χ3n) is 3.68. The van der Waals surface area contributed by atoms with Crippen LogP contribution in [0, 0.1) is 5.92 Å². The number of nitrogens with zero attached hydrogens (tertiary/aromatic N) is 2. The highest BCUT2D eigenvalue weighted by molar-refractivity contribution is 5.94. The van der Waals surface area contributed by atoms with Crippen molar-refractivity contribution >= 4 is 17.9 Å². The molecule has 1 N–H and O–H groups in total. The Morgan fingerprint density at radius 1 is 1.07 bits per heavy atom. The second-order valence-electron chi connectivity index (χ2n) is 6.64. The van der Waals surface area contributed by atoms with Crippen molar-refractivity contribution < 1.29 is 23.5 Å². The molecule has 150 valence electrons. The minimum Gasteiger partial charge on any atom is -0.493 e. The summed E-state index contributed by atoms with van der Waals surface area (Å²) in [5, 5.41) is 10.0. The van der Waals surface area contributed by atoms with Gasteiger partial charge in [-0.1, -0.05) is 43.2 Å². The number of hydrogen-bond acceptors (Lipinski definition) is 7. The fraction of sp³-hybridized carbons (Fsp3) is 0.238. The molecule has 0 atom stereocenters. The number of carbonyl (C=O) groups is 2. The van der Waals surface area contributed by atoms with Gasteiger partial charge >= 0.3 is 12.0 Å². The summed E-state index contributed by atoms with van der Waals surface area (Å²) in [4.78, 5) is 24.2. The molecule has 0 radical (unpaired) electrons. The topological polar surface area (TPSA) is 104 Å². The summed E-state index contributed by atoms with van der Waals surface area (Å²) < 4.78 is 16.0. The predicted molar refractivity (Wildman–Crippen MR) is 105 cm³/mol. The summed E-state index contributed by atoms with van der Waals surface area (Å²) in [6.07, 6.45) is 0. The molecular formula is C21H21N3O5. The summed E-state index contributed by atoms with van der Waals surface area (Å²) in [7, 11) is 0. The largest absolute Gasteiger partial charge is 0.493 e. The van der Waals surface area contributed by atoms with Gasteiger partial charge in [0.1, 0.15) is 5.75 Å². The fourth-order valence-electron chi connectivity index (χ4n) is 2.32. The number of hydrogen-bond donors (Lipinski definition) is 1. The Labute approximate surface area is 167 Å². The van der Waals surface area contributed by atoms with Gasteiger partial charge in [0, 0.05) is 5.56 Å². The second kappa shape index (κ2) is 9.50. The fourth-order valence-corrected chi connectivity index (χ4v) is 2.32. The van der Waals surface area contributed by atoms with Crippen molar-refractivity contribution in [3.63, 3.8) is 0 Å². The van der Waals surface area contributed by atoms with Crippen LogP contribution in [0.1, 0.15) is 24.2 Å². The van der Waals surface area contributed by atoms with Gasteiger partial charge in [-0.05, 0) is 36.2 Å². The number of carbonyl (C=O) groups excluding carboxylic acids is 2. The van der Waals surface area contributed by atoms with Crippen LogP contribution in [0.25, 0.3) is 11.5 Å². The van der Waals surface area contributed by atoms with E-state index in [1.807, 2.05) is 32.0 Å². The third-order valence-corrected chi connectivity index (χ3v) is 3.68. The van der Waals surface area contributed by atoms with Crippen molar-refractivity contribution in [2.45, 2.75) is 13.8 Å². The molecule has 1 aromatic heterocycles. The molecule has 0 aliphatic heterocycles. The molecule has 3 rings (SSSR count). The first-order valence-corrected chi connectivity index (χ1v) is 9.10. The number of ether oxygens (including phenoxy) is 2. The minimum atomic E-state index is -0.634. The highest BCUT2D eigenvalue weighted by Gasteiger charge is 2.14. The molecule has 0 spiro atoms. The van der Waals surface area contributed by atoms with E-state index in [0.29, 0.717) is 23.8 Å². The smallest absolute Gasteiger partial charge is 0.338 e. The van der Waals surface area contributed by atoms with Gasteiger partial charge in [0.25, 0.3) is 5.91 Å². The van der Waals surface area contributed by atoms with E-state index in [1.54, 1.807) is 36.4 Å². The van der Waals surface area contributed by atoms with Crippen molar-refractivity contribution in [2.75, 3.05) is 18.5 Å². The van der Waals surface area contributed by atoms with Crippen LogP contribution in [0.15, 0.2) is 59.0 Å². The standard InChI is InChI=1S/C21H21N3O5/c1-14(2)12-27-17-10-6-9-16(11-17)20(26)28-13-18(25)22-21-24-23-19(29-21)15-7-4-3-5-8-15/h3-11,14H,12-13H2,1-2H3,(H,22,24,25). The third kappa shape index (κ3) is 5.90. The number of benzene rings is 2. The Bertz CT molecular complexity index is 969. The van der Waals surface area contributed by atoms with Gasteiger partial charge in [-0.2, -0.15) is 0 Å². The van der Waals surface area contributed by atoms with E-state index < -0.39 is 18.5 Å². The van der Waals surface area contributed by atoms with Gasteiger partial charge in [0.15, 0.2) is 6.61 Å². The first-order chi connectivity index (χ1) is 14.0. The lowest BCUT2D eigenvalue weighted by molar-refractivity contribution is -0.119. The van der Waals surface area contributed by atoms with Gasteiger partial charge in [-0.25, -0.2) is 4.79 Å². The van der Waals surface area contributed by atoms with Crippen LogP contribution in [-0.4, -0.2) is 35.3 Å². The van der Waals surface area contributed by atoms with E-state index in [4.69, 9.17) is 13.9 Å². The second-order valence-corrected chi connectivity index (χ2v) is 6.64. The van der Waals surface area contributed by atoms with Crippen LogP contribution >= 0.6 is 0 Å². The average Bonchev–Trinajstić information content (AvgIpc) is 3.20. The van der Waals surface area contributed by atoms with Crippen LogP contribution in [0.2, 0.25) is 0 Å². The molecule has 0 aliphatic carbocycles. The maximum absolute atomic E-state index is 12.2. The number of nitrogens with one attached hydrogen (secondary N) is 1. The van der Waals surface area contributed by atoms with Gasteiger partial charge < -0.3 is 13.9 Å². The summed E-state index contributed by atoms with van der Waals surface area (Å²) in [5.41, 5.74) is 1.02. The number of aromatic nitrogens is 2. The predicted octanol–water partition coefficient (Wildman–Crippen LogP) is 3.57. The lowest BCUT2D eigenvalue weighted by atomic mass is 10.2. The van der Waals surface area contributed by atoms with E-state index in [2.05, 4.69) is 15.5 Å². The Morgan fingerprint density at radius 2 is 1.86 bits per heavy atom. The maximum atomic E-state index is 12.2. The summed E-state index contributed by atoms with van der Waals surface area (Å²) >= 11 is 0. The molecule has 3 aromatic rings. The molecule has 0 fully saturated rings. The number of rotatable bonds is 8. The Morgan fingerprint density at radius 3 is 2.62 bits per heavy atom. The molecule has 2 aromatic carbocycles. The van der Waals surface area contributed by atoms with Crippen molar-refractivity contribution in [3.05, 3.63) is 60.2 Å². The van der Waals surface area contributed by atoms with Crippen molar-refractivity contribution in [2.24, 2.45) is 5.92 Å². The summed E-state index contributed by atoms with van der Waals surface area (Å²) in [6.45, 7) is 4.11. The molecule has 1 heterocycles. The van der Waals surface area contributed by atoms with Crippen molar-refractivity contribution in [3.8, 4) is 17.2 Å². The normalized spacial score (nSPS) is 10.6. The van der Waals surface area contributed by atoms with Gasteiger partial charge in [0.2, 0.25) is 5.89 Å². The van der Waals surface area contributed by atoms with E-state index in [-0.39, 0.29) is 11.9 Å². The zero-order valence-corrected chi connectivity index (χ0v) is 16.1. The van der Waals surface area contributed by atoms with Crippen LogP contribution in [0.5, 0.6) is 5.75 Å². The van der Waals surface area contributed by atoms with Gasteiger partial charge in [0.05, 0.1) is 12.2 Å². The quantitative estimate of drug-likeness (QED) is 0.582. The number of amides is 1. The molecule has 8 heteroatoms. The lowest BCUT2D eigenvalue weighted by Gasteiger charge is -2.09. The zero-order valence-electron chi connectivity index (χ0n) is 16.1. The monoisotopic (exact) mass is 395 g/mol. The molecule has 8 nitrogen and oxygen atoms in total. The van der Waals surface area contributed by atoms with E-state index >= 15 is 0 Å². The van der Waals surface area contributed by atoms with Crippen LogP contribution in [0.4, 0.5) is 6.01 Å². The summed E-state index contributed by atoms with van der Waals surface area (Å²) in [5.74, 6) is -0.0195. The van der Waals surface area contributed by atoms with Gasteiger partial charge in [-0.3, -0.25) is 10.1 Å². The highest BCUT2D eigenvalue weighted by atomic mass is 16.5. The van der Waals surface area contributed by atoms with E-state index in [1.165, 1.54) is 0 Å². The van der Waals surface area contributed by atoms with Crippen molar-refractivity contribution in [1.82, 2.24) is 10.2 Å². The molecule has 1 amide bonds. The molecule has 0 bridgehead atoms. The Kier molecular flexibility index (Phi) is 6.57. The molecular weight excluding hydrogens is 374 g/mol. The molecule has 0 saturated heterocycles. The van der Waals surface area contributed by atoms with Gasteiger partial charge in [-0.15, -0.1) is 5.10 Å². The molecule has 0 unspecified atom stereocenters. The highest BCUT2D eigenvalue weighted by Crippen LogP contribution is 2.19. The van der Waals surface area contributed by atoms with E-state index in [9.17, 15) is 9.59 Å². The minimum absolute atomic E-state index is 0.0750. The number of esters is 1. The van der Waals surface area contributed by atoms with Crippen LogP contribution in [-0.2, 0) is 9.53 Å². The zero-order chi connectivity index (χ0) is 20.6. The first-order valence-electron chi connectivity index (χ1n) is 9.10. The number of anilines is 1. The summed E-state index contributed by atoms with van der Waals surface area (Å²) in [6, 6.07) is 15.7. The van der Waals surface area contributed by atoms with Crippen LogP contribution < -0.4 is 10.1 Å². The SMILES string of the molecule is CC(C)COc1cccc(C(=O)OCC(=O)Nc2nnc(-c3ccccc3)o2)c1. The first kappa shape index (κ1) is 20.1. The average molecular weight is 395 g/mol. The molecule has 0 aliphatic rings. The Balaban J connectivity index is 1.51.